The van der Waals surface area contributed by atoms with Gasteiger partial charge >= 0.3 is 0 Å². The van der Waals surface area contributed by atoms with Crippen LogP contribution in [0.2, 0.25) is 5.02 Å². The predicted molar refractivity (Wildman–Crippen MR) is 163 cm³/mol. The average Bonchev–Trinajstić information content (AvgIpc) is 3.52. The second kappa shape index (κ2) is 11.7. The fourth-order valence-electron chi connectivity index (χ4n) is 5.99. The molecule has 43 heavy (non-hydrogen) atoms. The van der Waals surface area contributed by atoms with Crippen molar-refractivity contribution in [3.63, 3.8) is 0 Å². The Labute approximate surface area is 255 Å². The van der Waals surface area contributed by atoms with Crippen LogP contribution in [0, 0.1) is 5.82 Å². The lowest BCUT2D eigenvalue weighted by atomic mass is 10.0. The van der Waals surface area contributed by atoms with Gasteiger partial charge in [-0.2, -0.15) is 4.31 Å². The summed E-state index contributed by atoms with van der Waals surface area (Å²) in [6, 6.07) is 11.4. The van der Waals surface area contributed by atoms with Crippen LogP contribution < -0.4 is 5.73 Å². The molecule has 6 rings (SSSR count). The van der Waals surface area contributed by atoms with E-state index in [9.17, 15) is 23.0 Å². The van der Waals surface area contributed by atoms with E-state index < -0.39 is 27.5 Å². The highest BCUT2D eigenvalue weighted by molar-refractivity contribution is 7.89. The summed E-state index contributed by atoms with van der Waals surface area (Å²) in [5.74, 6) is -0.0815. The van der Waals surface area contributed by atoms with Crippen molar-refractivity contribution in [2.45, 2.75) is 88.1 Å². The number of piperidine rings is 1. The molecule has 2 saturated heterocycles. The maximum atomic E-state index is 14.7. The molecule has 230 valence electrons. The molecule has 2 aromatic carbocycles. The Morgan fingerprint density at radius 3 is 2.42 bits per heavy atom. The van der Waals surface area contributed by atoms with E-state index in [-0.39, 0.29) is 34.6 Å². The molecule has 2 aliphatic heterocycles. The first kappa shape index (κ1) is 31.3. The molecule has 2 fully saturated rings. The highest BCUT2D eigenvalue weighted by Crippen LogP contribution is 2.40. The van der Waals surface area contributed by atoms with E-state index in [1.807, 2.05) is 13.8 Å². The third kappa shape index (κ3) is 5.99. The van der Waals surface area contributed by atoms with Gasteiger partial charge in [-0.15, -0.1) is 0 Å². The Kier molecular flexibility index (Phi) is 8.53. The molecule has 0 radical (unpaired) electrons. The number of nitrogens with two attached hydrogens (primary N) is 1. The van der Waals surface area contributed by atoms with Crippen molar-refractivity contribution in [2.24, 2.45) is 0 Å². The molecule has 10 nitrogen and oxygen atoms in total. The van der Waals surface area contributed by atoms with Crippen LogP contribution in [0.25, 0.3) is 22.3 Å². The van der Waals surface area contributed by atoms with Crippen LogP contribution in [-0.4, -0.2) is 60.6 Å². The largest absolute Gasteiger partial charge is 0.391 e. The normalized spacial score (nSPS) is 20.8. The topological polar surface area (TPSA) is 147 Å². The maximum Gasteiger partial charge on any atom is 0.243 e. The molecule has 4 heterocycles. The lowest BCUT2D eigenvalue weighted by molar-refractivity contribution is 0.0582. The van der Waals surface area contributed by atoms with E-state index in [0.29, 0.717) is 27.5 Å². The number of aliphatic hydroxyl groups is 2. The number of aliphatic hydroxyl groups excluding tert-OH is 1. The van der Waals surface area contributed by atoms with Crippen molar-refractivity contribution in [2.75, 3.05) is 5.73 Å². The van der Waals surface area contributed by atoms with E-state index in [0.717, 1.165) is 25.7 Å². The zero-order valence-electron chi connectivity index (χ0n) is 24.4. The van der Waals surface area contributed by atoms with Gasteiger partial charge in [0.15, 0.2) is 5.82 Å². The Morgan fingerprint density at radius 1 is 1.09 bits per heavy atom. The summed E-state index contributed by atoms with van der Waals surface area (Å²) in [5, 5.41) is 20.7. The Morgan fingerprint density at radius 2 is 1.77 bits per heavy atom. The van der Waals surface area contributed by atoms with E-state index in [1.165, 1.54) is 12.3 Å². The van der Waals surface area contributed by atoms with Crippen LogP contribution in [0.5, 0.6) is 0 Å². The summed E-state index contributed by atoms with van der Waals surface area (Å²) >= 11 is 6.15. The molecule has 2 unspecified atom stereocenters. The van der Waals surface area contributed by atoms with E-state index in [1.54, 1.807) is 59.1 Å². The minimum absolute atomic E-state index is 0.0352. The number of nitrogens with zero attached hydrogens (tertiary/aromatic N) is 5. The SMILES string of the molecule is CC(C)n1c(C(C)(C)O)nc2c(F)cc(-c3nc(N)ncc3Cl)cc21.O=S(=O)(c1ccccc1)N1C2CCC(O)[C@@H]1CC2. The first-order valence-electron chi connectivity index (χ1n) is 14.2. The Balaban J connectivity index is 0.000000180. The van der Waals surface area contributed by atoms with Gasteiger partial charge < -0.3 is 20.5 Å². The highest BCUT2D eigenvalue weighted by Gasteiger charge is 2.48. The number of fused-ring (bicyclic) bond motifs is 3. The number of hydrogen-bond acceptors (Lipinski definition) is 8. The fourth-order valence-corrected chi connectivity index (χ4v) is 8.14. The number of aromatic nitrogens is 4. The Hall–Kier alpha value is -3.16. The number of anilines is 1. The Bertz CT molecular complexity index is 1740. The van der Waals surface area contributed by atoms with Crippen molar-refractivity contribution < 1.29 is 23.0 Å². The summed E-state index contributed by atoms with van der Waals surface area (Å²) in [5.41, 5.74) is 5.96. The van der Waals surface area contributed by atoms with Crippen molar-refractivity contribution >= 4 is 38.6 Å². The zero-order chi connectivity index (χ0) is 31.3. The minimum Gasteiger partial charge on any atom is -0.391 e. The van der Waals surface area contributed by atoms with Crippen molar-refractivity contribution in [1.29, 1.82) is 0 Å². The zero-order valence-corrected chi connectivity index (χ0v) is 26.0. The number of sulfonamides is 1. The van der Waals surface area contributed by atoms with Crippen LogP contribution >= 0.6 is 11.6 Å². The van der Waals surface area contributed by atoms with E-state index >= 15 is 0 Å². The van der Waals surface area contributed by atoms with Gasteiger partial charge in [0.1, 0.15) is 16.9 Å². The van der Waals surface area contributed by atoms with Gasteiger partial charge in [0.2, 0.25) is 16.0 Å². The average molecular weight is 631 g/mol. The molecular formula is C30H36ClFN6O4S. The predicted octanol–water partition coefficient (Wildman–Crippen LogP) is 5.04. The fraction of sp³-hybridized carbons (Fsp3) is 0.433. The highest BCUT2D eigenvalue weighted by atomic mass is 35.5. The number of imidazole rings is 1. The number of halogens is 2. The van der Waals surface area contributed by atoms with Crippen LogP contribution in [0.4, 0.5) is 10.3 Å². The molecule has 0 amide bonds. The number of benzene rings is 2. The molecule has 0 spiro atoms. The number of hydrogen-bond donors (Lipinski definition) is 3. The van der Waals surface area contributed by atoms with Crippen molar-refractivity contribution in [1.82, 2.24) is 23.8 Å². The number of rotatable bonds is 5. The van der Waals surface area contributed by atoms with Gasteiger partial charge in [-0.05, 0) is 77.6 Å². The second-order valence-corrected chi connectivity index (χ2v) is 14.1. The standard InChI is InChI=1S/C17H19ClFN5O.C13H17NO3S/c1-8(2)24-12-6-9(13-10(18)7-21-16(20)23-13)5-11(19)14(12)22-15(24)17(3,4)25;15-13-9-7-10-6-8-12(13)14(10)18(16,17)11-4-2-1-3-5-11/h5-8,25H,1-4H3,(H2,20,21,23);1-5,10,12-13,15H,6-9H2/t;10?,12-,13?/m.0/s1. The molecule has 2 aromatic heterocycles. The van der Waals surface area contributed by atoms with Gasteiger partial charge in [-0.1, -0.05) is 29.8 Å². The quantitative estimate of drug-likeness (QED) is 0.278. The minimum atomic E-state index is -3.46. The maximum absolute atomic E-state index is 14.7. The van der Waals surface area contributed by atoms with E-state index in [4.69, 9.17) is 17.3 Å². The van der Waals surface area contributed by atoms with Crippen molar-refractivity contribution in [3.8, 4) is 11.3 Å². The summed E-state index contributed by atoms with van der Waals surface area (Å²) in [4.78, 5) is 12.6. The first-order valence-corrected chi connectivity index (χ1v) is 16.0. The molecular weight excluding hydrogens is 595 g/mol. The van der Waals surface area contributed by atoms with Gasteiger partial charge in [-0.3, -0.25) is 0 Å². The van der Waals surface area contributed by atoms with Gasteiger partial charge in [0, 0.05) is 17.6 Å². The molecule has 3 atom stereocenters. The van der Waals surface area contributed by atoms with Crippen LogP contribution in [0.1, 0.15) is 65.2 Å². The van der Waals surface area contributed by atoms with E-state index in [2.05, 4.69) is 15.0 Å². The third-order valence-electron chi connectivity index (χ3n) is 7.89. The van der Waals surface area contributed by atoms with Crippen molar-refractivity contribution in [3.05, 3.63) is 65.3 Å². The van der Waals surface area contributed by atoms with Gasteiger partial charge in [-0.25, -0.2) is 27.8 Å². The molecule has 13 heteroatoms. The second-order valence-electron chi connectivity index (χ2n) is 11.8. The summed E-state index contributed by atoms with van der Waals surface area (Å²) in [6.45, 7) is 7.12. The number of nitrogen functional groups attached to an aromatic ring is 1. The molecule has 0 saturated carbocycles. The van der Waals surface area contributed by atoms with Crippen LogP contribution in [0.3, 0.4) is 0 Å². The lowest BCUT2D eigenvalue weighted by Gasteiger charge is -2.36. The van der Waals surface area contributed by atoms with Crippen LogP contribution in [0.15, 0.2) is 53.6 Å². The third-order valence-corrected chi connectivity index (χ3v) is 10.2. The summed E-state index contributed by atoms with van der Waals surface area (Å²) < 4.78 is 43.3. The summed E-state index contributed by atoms with van der Waals surface area (Å²) in [6.07, 6.45) is 4.00. The van der Waals surface area contributed by atoms with Crippen LogP contribution in [-0.2, 0) is 15.6 Å². The lowest BCUT2D eigenvalue weighted by Crippen LogP contribution is -2.50. The molecule has 4 aromatic rings. The smallest absolute Gasteiger partial charge is 0.243 e. The monoisotopic (exact) mass is 630 g/mol. The summed E-state index contributed by atoms with van der Waals surface area (Å²) in [7, 11) is -3.46. The first-order chi connectivity index (χ1) is 20.2. The molecule has 2 aliphatic rings. The van der Waals surface area contributed by atoms with Gasteiger partial charge in [0.05, 0.1) is 39.5 Å². The molecule has 0 aliphatic carbocycles. The molecule has 4 N–H and O–H groups in total. The molecule has 2 bridgehead atoms. The van der Waals surface area contributed by atoms with Gasteiger partial charge in [0.25, 0.3) is 0 Å².